The molecule has 2 aromatic rings. The van der Waals surface area contributed by atoms with Crippen LogP contribution in [0.25, 0.3) is 0 Å². The van der Waals surface area contributed by atoms with Gasteiger partial charge in [-0.15, -0.1) is 0 Å². The van der Waals surface area contributed by atoms with Crippen LogP contribution in [-0.4, -0.2) is 40.1 Å². The van der Waals surface area contributed by atoms with E-state index < -0.39 is 10.0 Å². The average Bonchev–Trinajstić information content (AvgIpc) is 3.05. The van der Waals surface area contributed by atoms with Gasteiger partial charge < -0.3 is 4.74 Å². The maximum Gasteiger partial charge on any atom is 0.240 e. The zero-order chi connectivity index (χ0) is 18.4. The van der Waals surface area contributed by atoms with Gasteiger partial charge in [0.05, 0.1) is 12.0 Å². The van der Waals surface area contributed by atoms with Crippen LogP contribution in [0.15, 0.2) is 46.0 Å². The fourth-order valence-electron chi connectivity index (χ4n) is 3.36. The van der Waals surface area contributed by atoms with Crippen molar-refractivity contribution in [3.05, 3.63) is 46.7 Å². The van der Waals surface area contributed by atoms with Crippen molar-refractivity contribution in [2.24, 2.45) is 0 Å². The lowest BCUT2D eigenvalue weighted by molar-refractivity contribution is 0.206. The van der Waals surface area contributed by atoms with Gasteiger partial charge in [-0.1, -0.05) is 12.8 Å². The predicted octanol–water partition coefficient (Wildman–Crippen LogP) is 3.65. The summed E-state index contributed by atoms with van der Waals surface area (Å²) in [6.07, 6.45) is 4.85. The highest BCUT2D eigenvalue weighted by molar-refractivity contribution is 7.89. The lowest BCUT2D eigenvalue weighted by Gasteiger charge is -2.30. The Labute approximate surface area is 160 Å². The van der Waals surface area contributed by atoms with Crippen LogP contribution in [-0.2, 0) is 10.0 Å². The zero-order valence-corrected chi connectivity index (χ0v) is 16.7. The maximum atomic E-state index is 12.7. The quantitative estimate of drug-likeness (QED) is 0.779. The SMILES string of the molecule is COc1ccc(S(=O)(=O)NCC(c2ccsc2)N2CCCCCC2)cc1. The van der Waals surface area contributed by atoms with Crippen molar-refractivity contribution in [3.63, 3.8) is 0 Å². The second-order valence-electron chi connectivity index (χ2n) is 6.55. The predicted molar refractivity (Wildman–Crippen MR) is 105 cm³/mol. The molecule has 1 unspecified atom stereocenters. The van der Waals surface area contributed by atoms with E-state index in [1.807, 2.05) is 0 Å². The maximum absolute atomic E-state index is 12.7. The van der Waals surface area contributed by atoms with Crippen molar-refractivity contribution < 1.29 is 13.2 Å². The number of hydrogen-bond donors (Lipinski definition) is 1. The Kier molecular flexibility index (Phi) is 6.69. The van der Waals surface area contributed by atoms with Crippen molar-refractivity contribution >= 4 is 21.4 Å². The molecule has 26 heavy (non-hydrogen) atoms. The van der Waals surface area contributed by atoms with Gasteiger partial charge in [0.25, 0.3) is 0 Å². The lowest BCUT2D eigenvalue weighted by atomic mass is 10.1. The summed E-state index contributed by atoms with van der Waals surface area (Å²) in [4.78, 5) is 2.68. The number of likely N-dealkylation sites (tertiary alicyclic amines) is 1. The van der Waals surface area contributed by atoms with E-state index in [9.17, 15) is 8.42 Å². The number of thiophene rings is 1. The topological polar surface area (TPSA) is 58.6 Å². The summed E-state index contributed by atoms with van der Waals surface area (Å²) in [6.45, 7) is 2.42. The van der Waals surface area contributed by atoms with E-state index in [0.29, 0.717) is 12.3 Å². The second kappa shape index (κ2) is 8.99. The fraction of sp³-hybridized carbons (Fsp3) is 0.474. The molecule has 0 amide bonds. The Bertz CT molecular complexity index is 766. The van der Waals surface area contributed by atoms with Crippen molar-refractivity contribution in [2.75, 3.05) is 26.7 Å². The summed E-state index contributed by atoms with van der Waals surface area (Å²) in [7, 11) is -1.98. The first-order valence-electron chi connectivity index (χ1n) is 9.00. The molecule has 1 fully saturated rings. The van der Waals surface area contributed by atoms with Crippen LogP contribution in [0, 0.1) is 0 Å². The highest BCUT2D eigenvalue weighted by Gasteiger charge is 2.24. The molecule has 1 aliphatic heterocycles. The van der Waals surface area contributed by atoms with Gasteiger partial charge in [-0.2, -0.15) is 11.3 Å². The first-order chi connectivity index (χ1) is 12.6. The third-order valence-corrected chi connectivity index (χ3v) is 6.99. The molecule has 1 aromatic heterocycles. The molecular weight excluding hydrogens is 368 g/mol. The number of nitrogens with zero attached hydrogens (tertiary/aromatic N) is 1. The van der Waals surface area contributed by atoms with Crippen LogP contribution in [0.1, 0.15) is 37.3 Å². The number of hydrogen-bond acceptors (Lipinski definition) is 5. The van der Waals surface area contributed by atoms with Crippen molar-refractivity contribution in [1.29, 1.82) is 0 Å². The summed E-state index contributed by atoms with van der Waals surface area (Å²) < 4.78 is 33.3. The molecule has 0 saturated carbocycles. The molecule has 0 spiro atoms. The molecule has 142 valence electrons. The molecule has 2 heterocycles. The number of methoxy groups -OCH3 is 1. The number of ether oxygens (including phenoxy) is 1. The summed E-state index contributed by atoms with van der Waals surface area (Å²) in [5, 5.41) is 4.18. The van der Waals surface area contributed by atoms with Gasteiger partial charge in [-0.25, -0.2) is 13.1 Å². The molecule has 1 saturated heterocycles. The van der Waals surface area contributed by atoms with Crippen LogP contribution in [0.4, 0.5) is 0 Å². The molecule has 0 aliphatic carbocycles. The molecule has 7 heteroatoms. The van der Waals surface area contributed by atoms with Crippen molar-refractivity contribution in [3.8, 4) is 5.75 Å². The Morgan fingerprint density at radius 2 is 1.81 bits per heavy atom. The smallest absolute Gasteiger partial charge is 0.240 e. The first-order valence-corrected chi connectivity index (χ1v) is 11.4. The van der Waals surface area contributed by atoms with Crippen LogP contribution in [0.3, 0.4) is 0 Å². The molecule has 1 atom stereocenters. The van der Waals surface area contributed by atoms with Gasteiger partial charge in [0.2, 0.25) is 10.0 Å². The summed E-state index contributed by atoms with van der Waals surface area (Å²) in [6, 6.07) is 8.66. The van der Waals surface area contributed by atoms with Gasteiger partial charge in [-0.05, 0) is 72.6 Å². The number of nitrogens with one attached hydrogen (secondary N) is 1. The monoisotopic (exact) mass is 394 g/mol. The molecule has 1 aromatic carbocycles. The lowest BCUT2D eigenvalue weighted by Crippen LogP contribution is -2.38. The number of rotatable bonds is 7. The average molecular weight is 395 g/mol. The van der Waals surface area contributed by atoms with Crippen LogP contribution < -0.4 is 9.46 Å². The molecule has 5 nitrogen and oxygen atoms in total. The van der Waals surface area contributed by atoms with Crippen LogP contribution >= 0.6 is 11.3 Å². The zero-order valence-electron chi connectivity index (χ0n) is 15.1. The van der Waals surface area contributed by atoms with Crippen LogP contribution in [0.2, 0.25) is 0 Å². The Morgan fingerprint density at radius 3 is 2.38 bits per heavy atom. The summed E-state index contributed by atoms with van der Waals surface area (Å²) in [5.74, 6) is 0.643. The normalized spacial score (nSPS) is 17.6. The van der Waals surface area contributed by atoms with Crippen LogP contribution in [0.5, 0.6) is 5.75 Å². The largest absolute Gasteiger partial charge is 0.497 e. The molecule has 1 aliphatic rings. The van der Waals surface area contributed by atoms with E-state index >= 15 is 0 Å². The van der Waals surface area contributed by atoms with Crippen molar-refractivity contribution in [2.45, 2.75) is 36.6 Å². The second-order valence-corrected chi connectivity index (χ2v) is 9.10. The van der Waals surface area contributed by atoms with Gasteiger partial charge in [0.15, 0.2) is 0 Å². The standard InChI is InChI=1S/C19H26N2O3S2/c1-24-17-6-8-18(9-7-17)26(22,23)20-14-19(16-10-13-25-15-16)21-11-4-2-3-5-12-21/h6-10,13,15,19-20H,2-5,11-12,14H2,1H3. The molecule has 0 radical (unpaired) electrons. The van der Waals surface area contributed by atoms with E-state index in [1.54, 1.807) is 42.7 Å². The van der Waals surface area contributed by atoms with E-state index in [2.05, 4.69) is 26.4 Å². The third-order valence-electron chi connectivity index (χ3n) is 4.85. The van der Waals surface area contributed by atoms with Gasteiger partial charge in [-0.3, -0.25) is 4.90 Å². The van der Waals surface area contributed by atoms with Gasteiger partial charge in [0, 0.05) is 12.6 Å². The van der Waals surface area contributed by atoms with Gasteiger partial charge in [0.1, 0.15) is 5.75 Å². The van der Waals surface area contributed by atoms with Crippen molar-refractivity contribution in [1.82, 2.24) is 9.62 Å². The number of sulfonamides is 1. The highest BCUT2D eigenvalue weighted by Crippen LogP contribution is 2.26. The van der Waals surface area contributed by atoms with Gasteiger partial charge >= 0.3 is 0 Å². The Morgan fingerprint density at radius 1 is 1.12 bits per heavy atom. The highest BCUT2D eigenvalue weighted by atomic mass is 32.2. The van der Waals surface area contributed by atoms with E-state index in [1.165, 1.54) is 31.2 Å². The molecule has 3 rings (SSSR count). The minimum atomic E-state index is -3.55. The third kappa shape index (κ3) is 4.85. The minimum absolute atomic E-state index is 0.0763. The Hall–Kier alpha value is -1.41. The molecule has 1 N–H and O–H groups in total. The van der Waals surface area contributed by atoms with E-state index in [-0.39, 0.29) is 10.9 Å². The molecular formula is C19H26N2O3S2. The minimum Gasteiger partial charge on any atom is -0.497 e. The first kappa shape index (κ1) is 19.4. The number of benzene rings is 1. The van der Waals surface area contributed by atoms with E-state index in [0.717, 1.165) is 13.1 Å². The molecule has 0 bridgehead atoms. The Balaban J connectivity index is 1.73. The fourth-order valence-corrected chi connectivity index (χ4v) is 5.10. The van der Waals surface area contributed by atoms with E-state index in [4.69, 9.17) is 4.74 Å². The summed E-state index contributed by atoms with van der Waals surface area (Å²) >= 11 is 1.65. The summed E-state index contributed by atoms with van der Waals surface area (Å²) in [5.41, 5.74) is 1.19.